The van der Waals surface area contributed by atoms with Crippen molar-refractivity contribution in [1.29, 1.82) is 0 Å². The van der Waals surface area contributed by atoms with Crippen LogP contribution in [0, 0.1) is 0 Å². The van der Waals surface area contributed by atoms with E-state index >= 15 is 0 Å². The summed E-state index contributed by atoms with van der Waals surface area (Å²) in [4.78, 5) is 12.8. The van der Waals surface area contributed by atoms with E-state index in [1.54, 1.807) is 0 Å². The number of carbonyl (C=O) groups excluding carboxylic acids is 1. The molecule has 25 heavy (non-hydrogen) atoms. The number of nitrogens with one attached hydrogen (secondary N) is 2. The van der Waals surface area contributed by atoms with E-state index in [4.69, 9.17) is 9.47 Å². The molecule has 2 N–H and O–H groups in total. The lowest BCUT2D eigenvalue weighted by Gasteiger charge is -2.14. The highest BCUT2D eigenvalue weighted by Crippen LogP contribution is 2.31. The molecule has 0 saturated carbocycles. The molecule has 5 nitrogen and oxygen atoms in total. The van der Waals surface area contributed by atoms with Crippen LogP contribution in [0.15, 0.2) is 34.1 Å². The number of thiophene rings is 1. The van der Waals surface area contributed by atoms with Crippen LogP contribution in [0.5, 0.6) is 11.5 Å². The van der Waals surface area contributed by atoms with Crippen LogP contribution in [0.3, 0.4) is 0 Å². The Hall–Kier alpha value is -1.94. The second-order valence-electron chi connectivity index (χ2n) is 4.81. The maximum absolute atomic E-state index is 12.3. The number of benzene rings is 1. The maximum Gasteiger partial charge on any atom is 0.422 e. The highest BCUT2D eigenvalue weighted by molar-refractivity contribution is 9.10. The van der Waals surface area contributed by atoms with Crippen molar-refractivity contribution < 1.29 is 27.4 Å². The Kier molecular flexibility index (Phi) is 6.54. The van der Waals surface area contributed by atoms with Crippen LogP contribution in [0.1, 0.15) is 4.88 Å². The molecule has 136 valence electrons. The lowest BCUT2D eigenvalue weighted by Crippen LogP contribution is -2.27. The molecule has 2 amide bonds. The Bertz CT molecular complexity index is 737. The third kappa shape index (κ3) is 6.46. The normalized spacial score (nSPS) is 11.1. The molecule has 1 heterocycles. The van der Waals surface area contributed by atoms with Gasteiger partial charge in [-0.25, -0.2) is 4.79 Å². The summed E-state index contributed by atoms with van der Waals surface area (Å²) in [6, 6.07) is 5.57. The van der Waals surface area contributed by atoms with Crippen LogP contribution < -0.4 is 20.1 Å². The Labute approximate surface area is 154 Å². The minimum absolute atomic E-state index is 0.111. The molecule has 0 fully saturated rings. The van der Waals surface area contributed by atoms with E-state index in [0.29, 0.717) is 6.54 Å². The molecular formula is C15H14BrF3N2O3S. The van der Waals surface area contributed by atoms with Crippen LogP contribution in [-0.2, 0) is 6.54 Å². The third-order valence-electron chi connectivity index (χ3n) is 2.86. The average molecular weight is 439 g/mol. The lowest BCUT2D eigenvalue weighted by molar-refractivity contribution is -0.153. The molecule has 1 aromatic heterocycles. The Morgan fingerprint density at radius 2 is 2.04 bits per heavy atom. The molecule has 2 rings (SSSR count). The number of halogens is 4. The van der Waals surface area contributed by atoms with Crippen molar-refractivity contribution in [3.8, 4) is 11.5 Å². The Morgan fingerprint density at radius 1 is 1.28 bits per heavy atom. The quantitative estimate of drug-likeness (QED) is 0.681. The van der Waals surface area contributed by atoms with Gasteiger partial charge in [0.05, 0.1) is 13.7 Å². The van der Waals surface area contributed by atoms with Gasteiger partial charge in [-0.15, -0.1) is 11.3 Å². The summed E-state index contributed by atoms with van der Waals surface area (Å²) in [7, 11) is 1.31. The number of ether oxygens (including phenoxy) is 2. The van der Waals surface area contributed by atoms with E-state index in [0.717, 1.165) is 9.35 Å². The van der Waals surface area contributed by atoms with Crippen LogP contribution in [-0.4, -0.2) is 25.9 Å². The minimum Gasteiger partial charge on any atom is -0.493 e. The predicted molar refractivity (Wildman–Crippen MR) is 92.4 cm³/mol. The first-order valence-electron chi connectivity index (χ1n) is 6.92. The summed E-state index contributed by atoms with van der Waals surface area (Å²) in [5.74, 6) is 0.0263. The van der Waals surface area contributed by atoms with Crippen LogP contribution in [0.4, 0.5) is 23.7 Å². The summed E-state index contributed by atoms with van der Waals surface area (Å²) >= 11 is 4.80. The van der Waals surface area contributed by atoms with Crippen molar-refractivity contribution in [2.75, 3.05) is 19.0 Å². The van der Waals surface area contributed by atoms with E-state index in [-0.39, 0.29) is 17.2 Å². The largest absolute Gasteiger partial charge is 0.493 e. The fraction of sp³-hybridized carbons (Fsp3) is 0.267. The molecule has 0 aliphatic carbocycles. The molecule has 10 heteroatoms. The maximum atomic E-state index is 12.3. The summed E-state index contributed by atoms with van der Waals surface area (Å²) in [5.41, 5.74) is 0.280. The van der Waals surface area contributed by atoms with Gasteiger partial charge in [0.2, 0.25) is 0 Å². The van der Waals surface area contributed by atoms with Crippen molar-refractivity contribution in [3.05, 3.63) is 39.0 Å². The van der Waals surface area contributed by atoms with E-state index in [1.807, 2.05) is 11.4 Å². The van der Waals surface area contributed by atoms with Gasteiger partial charge in [-0.1, -0.05) is 0 Å². The zero-order valence-corrected chi connectivity index (χ0v) is 15.3. The highest BCUT2D eigenvalue weighted by Gasteiger charge is 2.29. The van der Waals surface area contributed by atoms with Gasteiger partial charge in [0, 0.05) is 26.5 Å². The molecule has 0 saturated heterocycles. The zero-order chi connectivity index (χ0) is 18.4. The first-order valence-corrected chi connectivity index (χ1v) is 8.59. The topological polar surface area (TPSA) is 59.6 Å². The molecule has 0 spiro atoms. The number of amides is 2. The molecule has 0 aliphatic heterocycles. The Morgan fingerprint density at radius 3 is 2.64 bits per heavy atom. The monoisotopic (exact) mass is 438 g/mol. The van der Waals surface area contributed by atoms with Crippen LogP contribution >= 0.6 is 27.3 Å². The van der Waals surface area contributed by atoms with Crippen LogP contribution in [0.2, 0.25) is 0 Å². The number of anilines is 1. The van der Waals surface area contributed by atoms with Crippen molar-refractivity contribution in [3.63, 3.8) is 0 Å². The number of hydrogen-bond acceptors (Lipinski definition) is 4. The van der Waals surface area contributed by atoms with Crippen LogP contribution in [0.25, 0.3) is 0 Å². The fourth-order valence-corrected chi connectivity index (χ4v) is 3.21. The summed E-state index contributed by atoms with van der Waals surface area (Å²) in [6.45, 7) is -1.12. The third-order valence-corrected chi connectivity index (χ3v) is 4.56. The summed E-state index contributed by atoms with van der Waals surface area (Å²) in [5, 5.41) is 7.08. The number of rotatable bonds is 6. The first-order chi connectivity index (χ1) is 11.8. The fourth-order valence-electron chi connectivity index (χ4n) is 1.82. The molecule has 0 bridgehead atoms. The highest BCUT2D eigenvalue weighted by atomic mass is 79.9. The molecule has 0 unspecified atom stereocenters. The SMILES string of the molecule is COc1ccc(NC(=O)NCc2cc(Br)cs2)cc1OCC(F)(F)F. The van der Waals surface area contributed by atoms with Gasteiger partial charge >= 0.3 is 12.2 Å². The smallest absolute Gasteiger partial charge is 0.422 e. The number of methoxy groups -OCH3 is 1. The lowest BCUT2D eigenvalue weighted by atomic mass is 10.2. The van der Waals surface area contributed by atoms with E-state index in [1.165, 1.54) is 36.6 Å². The Balaban J connectivity index is 1.97. The van der Waals surface area contributed by atoms with E-state index in [9.17, 15) is 18.0 Å². The molecule has 0 radical (unpaired) electrons. The van der Waals surface area contributed by atoms with Crippen molar-refractivity contribution in [2.24, 2.45) is 0 Å². The van der Waals surface area contributed by atoms with Gasteiger partial charge in [0.1, 0.15) is 0 Å². The van der Waals surface area contributed by atoms with Crippen molar-refractivity contribution >= 4 is 39.0 Å². The van der Waals surface area contributed by atoms with E-state index < -0.39 is 18.8 Å². The van der Waals surface area contributed by atoms with Gasteiger partial charge in [0.25, 0.3) is 0 Å². The number of carbonyl (C=O) groups is 1. The van der Waals surface area contributed by atoms with Gasteiger partial charge in [-0.05, 0) is 34.1 Å². The number of alkyl halides is 3. The van der Waals surface area contributed by atoms with Crippen molar-refractivity contribution in [1.82, 2.24) is 5.32 Å². The average Bonchev–Trinajstić information content (AvgIpc) is 2.96. The van der Waals surface area contributed by atoms with Gasteiger partial charge in [-0.2, -0.15) is 13.2 Å². The molecule has 0 aliphatic rings. The summed E-state index contributed by atoms with van der Waals surface area (Å²) < 4.78 is 47.5. The van der Waals surface area contributed by atoms with Crippen molar-refractivity contribution in [2.45, 2.75) is 12.7 Å². The molecule has 1 aromatic carbocycles. The van der Waals surface area contributed by atoms with Gasteiger partial charge in [0.15, 0.2) is 18.1 Å². The molecule has 2 aromatic rings. The second-order valence-corrected chi connectivity index (χ2v) is 6.72. The predicted octanol–water partition coefficient (Wildman–Crippen LogP) is 4.78. The molecular weight excluding hydrogens is 425 g/mol. The summed E-state index contributed by atoms with van der Waals surface area (Å²) in [6.07, 6.45) is -4.47. The standard InChI is InChI=1S/C15H14BrF3N2O3S/c1-23-12-3-2-10(5-13(12)24-8-15(17,18)19)21-14(22)20-6-11-4-9(16)7-25-11/h2-5,7H,6,8H2,1H3,(H2,20,21,22). The second kappa shape index (κ2) is 8.43. The first kappa shape index (κ1) is 19.4. The van der Waals surface area contributed by atoms with E-state index in [2.05, 4.69) is 26.6 Å². The zero-order valence-electron chi connectivity index (χ0n) is 12.9. The number of hydrogen-bond donors (Lipinski definition) is 2. The molecule has 0 atom stereocenters. The number of urea groups is 1. The minimum atomic E-state index is -4.47. The van der Waals surface area contributed by atoms with Gasteiger partial charge < -0.3 is 20.1 Å². The van der Waals surface area contributed by atoms with Gasteiger partial charge in [-0.3, -0.25) is 0 Å².